The predicted octanol–water partition coefficient (Wildman–Crippen LogP) is 6.14. The molecule has 0 saturated carbocycles. The van der Waals surface area contributed by atoms with E-state index >= 15 is 0 Å². The molecule has 186 valence electrons. The van der Waals surface area contributed by atoms with Gasteiger partial charge in [0.2, 0.25) is 5.95 Å². The molecule has 1 fully saturated rings. The highest BCUT2D eigenvalue weighted by Crippen LogP contribution is 2.30. The number of anilines is 2. The summed E-state index contributed by atoms with van der Waals surface area (Å²) in [6, 6.07) is 9.95. The number of hydrogen-bond acceptors (Lipinski definition) is 8. The number of cyclic esters (lactones) is 1. The van der Waals surface area contributed by atoms with Crippen LogP contribution in [-0.2, 0) is 9.47 Å². The second-order valence-electron chi connectivity index (χ2n) is 9.31. The molecule has 4 rings (SSSR count). The molecule has 1 saturated heterocycles. The van der Waals surface area contributed by atoms with Crippen molar-refractivity contribution in [2.75, 3.05) is 16.8 Å². The molecule has 3 heterocycles. The number of benzene rings is 1. The minimum Gasteiger partial charge on any atom is -0.447 e. The van der Waals surface area contributed by atoms with E-state index in [4.69, 9.17) is 37.2 Å². The Balaban J connectivity index is 1.53. The van der Waals surface area contributed by atoms with E-state index in [2.05, 4.69) is 20.4 Å². The highest BCUT2D eigenvalue weighted by molar-refractivity contribution is 6.30. The number of amides is 1. The molecule has 9 nitrogen and oxygen atoms in total. The van der Waals surface area contributed by atoms with E-state index in [1.165, 1.54) is 11.0 Å². The van der Waals surface area contributed by atoms with Crippen molar-refractivity contribution in [3.63, 3.8) is 0 Å². The van der Waals surface area contributed by atoms with Gasteiger partial charge in [-0.05, 0) is 58.9 Å². The van der Waals surface area contributed by atoms with Gasteiger partial charge in [0.25, 0.3) is 0 Å². The molecular weight excluding hydrogens is 493 g/mol. The van der Waals surface area contributed by atoms with E-state index in [0.717, 1.165) is 5.56 Å². The summed E-state index contributed by atoms with van der Waals surface area (Å²) < 4.78 is 16.8. The van der Waals surface area contributed by atoms with Crippen LogP contribution in [0.4, 0.5) is 16.6 Å². The van der Waals surface area contributed by atoms with Crippen LogP contribution in [0.3, 0.4) is 0 Å². The first-order chi connectivity index (χ1) is 16.5. The zero-order chi connectivity index (χ0) is 25.3. The number of carbonyl (C=O) groups is 1. The molecule has 11 heteroatoms. The molecule has 3 aromatic rings. The van der Waals surface area contributed by atoms with Gasteiger partial charge >= 0.3 is 6.09 Å². The van der Waals surface area contributed by atoms with Gasteiger partial charge in [-0.1, -0.05) is 28.4 Å². The van der Waals surface area contributed by atoms with Crippen molar-refractivity contribution in [3.05, 3.63) is 52.3 Å². The molecule has 2 aromatic heterocycles. The number of rotatable bonds is 7. The third-order valence-corrected chi connectivity index (χ3v) is 5.81. The largest absolute Gasteiger partial charge is 0.447 e. The van der Waals surface area contributed by atoms with Crippen molar-refractivity contribution >= 4 is 41.1 Å². The quantitative estimate of drug-likeness (QED) is 0.371. The summed E-state index contributed by atoms with van der Waals surface area (Å²) in [5.74, 6) is 1.16. The summed E-state index contributed by atoms with van der Waals surface area (Å²) in [5, 5.41) is 8.14. The maximum atomic E-state index is 12.6. The lowest BCUT2D eigenvalue weighted by molar-refractivity contribution is -0.0618. The van der Waals surface area contributed by atoms with Crippen LogP contribution in [0.5, 0.6) is 0 Å². The molecular formula is C24H27Cl2N5O4. The van der Waals surface area contributed by atoms with Crippen molar-refractivity contribution in [3.8, 4) is 11.3 Å². The van der Waals surface area contributed by atoms with Crippen molar-refractivity contribution in [1.82, 2.24) is 15.1 Å². The summed E-state index contributed by atoms with van der Waals surface area (Å²) in [7, 11) is 0. The van der Waals surface area contributed by atoms with Gasteiger partial charge in [0, 0.05) is 22.7 Å². The van der Waals surface area contributed by atoms with Gasteiger partial charge < -0.3 is 19.3 Å². The van der Waals surface area contributed by atoms with Crippen LogP contribution in [0, 0.1) is 0 Å². The van der Waals surface area contributed by atoms with Crippen molar-refractivity contribution < 1.29 is 18.8 Å². The van der Waals surface area contributed by atoms with Crippen LogP contribution in [0.1, 0.15) is 46.4 Å². The van der Waals surface area contributed by atoms with E-state index in [1.807, 2.05) is 52.8 Å². The molecule has 1 N–H and O–H groups in total. The van der Waals surface area contributed by atoms with E-state index < -0.39 is 6.09 Å². The Hall–Kier alpha value is -2.88. The molecule has 0 aliphatic carbocycles. The number of halogens is 2. The first-order valence-corrected chi connectivity index (χ1v) is 11.9. The number of carbonyl (C=O) groups excluding carboxylic acids is 1. The summed E-state index contributed by atoms with van der Waals surface area (Å²) in [6.07, 6.45) is -0.816. The van der Waals surface area contributed by atoms with Gasteiger partial charge in [0.1, 0.15) is 29.3 Å². The Morgan fingerprint density at radius 2 is 1.86 bits per heavy atom. The van der Waals surface area contributed by atoms with Crippen LogP contribution < -0.4 is 10.2 Å². The van der Waals surface area contributed by atoms with Crippen LogP contribution >= 0.6 is 23.2 Å². The van der Waals surface area contributed by atoms with Gasteiger partial charge in [-0.25, -0.2) is 9.78 Å². The van der Waals surface area contributed by atoms with E-state index in [9.17, 15) is 4.79 Å². The van der Waals surface area contributed by atoms with Gasteiger partial charge in [-0.3, -0.25) is 4.90 Å². The van der Waals surface area contributed by atoms with E-state index in [1.54, 1.807) is 12.1 Å². The second-order valence-corrected chi connectivity index (χ2v) is 10.1. The van der Waals surface area contributed by atoms with Crippen LogP contribution in [-0.4, -0.2) is 45.6 Å². The third kappa shape index (κ3) is 6.04. The average molecular weight is 520 g/mol. The van der Waals surface area contributed by atoms with Crippen molar-refractivity contribution in [2.45, 2.75) is 58.4 Å². The summed E-state index contributed by atoms with van der Waals surface area (Å²) in [6.45, 7) is 9.84. The maximum absolute atomic E-state index is 12.6. The average Bonchev–Trinajstić information content (AvgIpc) is 3.40. The fraction of sp³-hybridized carbons (Fsp3) is 0.417. The molecule has 1 aliphatic rings. The normalized spacial score (nSPS) is 17.9. The summed E-state index contributed by atoms with van der Waals surface area (Å²) in [5.41, 5.74) is 1.11. The fourth-order valence-electron chi connectivity index (χ4n) is 3.79. The van der Waals surface area contributed by atoms with Crippen molar-refractivity contribution in [1.29, 1.82) is 0 Å². The zero-order valence-electron chi connectivity index (χ0n) is 20.1. The van der Waals surface area contributed by atoms with Gasteiger partial charge in [-0.15, -0.1) is 0 Å². The molecule has 1 unspecified atom stereocenters. The lowest BCUT2D eigenvalue weighted by Gasteiger charge is -2.31. The number of aromatic nitrogens is 3. The Labute approximate surface area is 213 Å². The SMILES string of the molecule is C[C@H](Nc1nc(Cl)cc(N2C(=O)OCC2[C@@H](C)OC(C)(C)C)n1)c1cc(-c2ccc(Cl)cc2)on1. The molecule has 1 aromatic carbocycles. The zero-order valence-corrected chi connectivity index (χ0v) is 21.6. The van der Waals surface area contributed by atoms with Gasteiger partial charge in [0.05, 0.1) is 17.7 Å². The Morgan fingerprint density at radius 1 is 1.14 bits per heavy atom. The molecule has 1 aliphatic heterocycles. The van der Waals surface area contributed by atoms with Crippen LogP contribution in [0.25, 0.3) is 11.3 Å². The Kier molecular flexibility index (Phi) is 7.21. The molecule has 0 bridgehead atoms. The number of hydrogen-bond donors (Lipinski definition) is 1. The van der Waals surface area contributed by atoms with Crippen molar-refractivity contribution in [2.24, 2.45) is 0 Å². The van der Waals surface area contributed by atoms with Gasteiger partial charge in [-0.2, -0.15) is 4.98 Å². The lowest BCUT2D eigenvalue weighted by Crippen LogP contribution is -2.45. The second kappa shape index (κ2) is 10.0. The minimum absolute atomic E-state index is 0.176. The Morgan fingerprint density at radius 3 is 2.54 bits per heavy atom. The number of ether oxygens (including phenoxy) is 2. The van der Waals surface area contributed by atoms with E-state index in [-0.39, 0.29) is 41.5 Å². The molecule has 0 spiro atoms. The predicted molar refractivity (Wildman–Crippen MR) is 134 cm³/mol. The van der Waals surface area contributed by atoms with Gasteiger partial charge in [0.15, 0.2) is 5.76 Å². The molecule has 0 radical (unpaired) electrons. The monoisotopic (exact) mass is 519 g/mol. The molecule has 1 amide bonds. The summed E-state index contributed by atoms with van der Waals surface area (Å²) >= 11 is 12.3. The molecule has 3 atom stereocenters. The Bertz CT molecular complexity index is 1200. The molecule has 35 heavy (non-hydrogen) atoms. The van der Waals surface area contributed by atoms with Crippen LogP contribution in [0.2, 0.25) is 10.2 Å². The topological polar surface area (TPSA) is 103 Å². The highest BCUT2D eigenvalue weighted by Gasteiger charge is 2.40. The number of nitrogens with one attached hydrogen (secondary N) is 1. The summed E-state index contributed by atoms with van der Waals surface area (Å²) in [4.78, 5) is 22.8. The first-order valence-electron chi connectivity index (χ1n) is 11.2. The maximum Gasteiger partial charge on any atom is 0.416 e. The minimum atomic E-state index is -0.516. The van der Waals surface area contributed by atoms with Crippen LogP contribution in [0.15, 0.2) is 40.9 Å². The number of nitrogens with zero attached hydrogens (tertiary/aromatic N) is 4. The lowest BCUT2D eigenvalue weighted by atomic mass is 10.1. The third-order valence-electron chi connectivity index (χ3n) is 5.36. The fourth-order valence-corrected chi connectivity index (χ4v) is 4.09. The highest BCUT2D eigenvalue weighted by atomic mass is 35.5. The van der Waals surface area contributed by atoms with E-state index in [0.29, 0.717) is 22.3 Å². The first kappa shape index (κ1) is 25.2. The standard InChI is InChI=1S/C24H27Cl2N5O4/c1-13(17-10-19(35-30-17)15-6-8-16(25)9-7-15)27-22-28-20(26)11-21(29-22)31-18(12-33-23(31)32)14(2)34-24(3,4)5/h6-11,13-14,18H,12H2,1-5H3,(H,27,28,29)/t13-,14+,18?/m0/s1. The smallest absolute Gasteiger partial charge is 0.416 e.